The van der Waals surface area contributed by atoms with Gasteiger partial charge in [0.15, 0.2) is 0 Å². The number of rotatable bonds is 4. The number of hydrogen-bond acceptors (Lipinski definition) is 5. The van der Waals surface area contributed by atoms with E-state index in [9.17, 15) is 0 Å². The Morgan fingerprint density at radius 2 is 2.28 bits per heavy atom. The standard InChI is InChI=1S/C13H23N5/c1-3-6-11-7-4-5-8-18(11)13-9-12(17-14)15-10(2)16-13/h9,11H,3-8,14H2,1-2H3,(H,15,16,17). The van der Waals surface area contributed by atoms with E-state index in [2.05, 4.69) is 27.2 Å². The minimum Gasteiger partial charge on any atom is -0.353 e. The molecule has 1 saturated heterocycles. The van der Waals surface area contributed by atoms with E-state index in [-0.39, 0.29) is 0 Å². The molecule has 0 aliphatic carbocycles. The van der Waals surface area contributed by atoms with Crippen LogP contribution in [-0.2, 0) is 0 Å². The molecule has 0 amide bonds. The van der Waals surface area contributed by atoms with Crippen LogP contribution in [-0.4, -0.2) is 22.6 Å². The largest absolute Gasteiger partial charge is 0.353 e. The molecule has 1 fully saturated rings. The number of nitrogen functional groups attached to an aromatic ring is 1. The maximum Gasteiger partial charge on any atom is 0.145 e. The number of nitrogens with two attached hydrogens (primary N) is 1. The average molecular weight is 249 g/mol. The normalized spacial score (nSPS) is 19.9. The van der Waals surface area contributed by atoms with Gasteiger partial charge in [-0.15, -0.1) is 0 Å². The monoisotopic (exact) mass is 249 g/mol. The molecule has 3 N–H and O–H groups in total. The highest BCUT2D eigenvalue weighted by Crippen LogP contribution is 2.27. The average Bonchev–Trinajstić information content (AvgIpc) is 2.39. The molecule has 18 heavy (non-hydrogen) atoms. The number of hydrogen-bond donors (Lipinski definition) is 2. The van der Waals surface area contributed by atoms with Crippen LogP contribution in [0.3, 0.4) is 0 Å². The molecule has 1 aliphatic heterocycles. The zero-order chi connectivity index (χ0) is 13.0. The second-order valence-corrected chi connectivity index (χ2v) is 4.93. The van der Waals surface area contributed by atoms with E-state index >= 15 is 0 Å². The summed E-state index contributed by atoms with van der Waals surface area (Å²) in [5, 5.41) is 0. The first-order valence-corrected chi connectivity index (χ1v) is 6.83. The second kappa shape index (κ2) is 6.00. The summed E-state index contributed by atoms with van der Waals surface area (Å²) in [4.78, 5) is 11.2. The fourth-order valence-electron chi connectivity index (χ4n) is 2.71. The fraction of sp³-hybridized carbons (Fsp3) is 0.692. The van der Waals surface area contributed by atoms with Gasteiger partial charge in [0, 0.05) is 18.7 Å². The Morgan fingerprint density at radius 1 is 1.44 bits per heavy atom. The molecule has 5 nitrogen and oxygen atoms in total. The molecule has 0 radical (unpaired) electrons. The Labute approximate surface area is 109 Å². The molecule has 1 atom stereocenters. The molecular weight excluding hydrogens is 226 g/mol. The molecule has 0 bridgehead atoms. The molecule has 0 aromatic carbocycles. The van der Waals surface area contributed by atoms with Gasteiger partial charge < -0.3 is 10.3 Å². The van der Waals surface area contributed by atoms with Gasteiger partial charge in [-0.1, -0.05) is 13.3 Å². The lowest BCUT2D eigenvalue weighted by Crippen LogP contribution is -2.40. The van der Waals surface area contributed by atoms with E-state index in [1.807, 2.05) is 13.0 Å². The molecule has 1 aromatic rings. The zero-order valence-electron chi connectivity index (χ0n) is 11.3. The molecule has 0 saturated carbocycles. The van der Waals surface area contributed by atoms with E-state index < -0.39 is 0 Å². The number of hydrazine groups is 1. The molecule has 1 aliphatic rings. The van der Waals surface area contributed by atoms with Crippen molar-refractivity contribution in [3.05, 3.63) is 11.9 Å². The third-order valence-electron chi connectivity index (χ3n) is 3.52. The van der Waals surface area contributed by atoms with Crippen LogP contribution in [0.2, 0.25) is 0 Å². The van der Waals surface area contributed by atoms with Crippen LogP contribution in [0.1, 0.15) is 44.9 Å². The Morgan fingerprint density at radius 3 is 3.00 bits per heavy atom. The van der Waals surface area contributed by atoms with Crippen molar-refractivity contribution in [2.24, 2.45) is 5.84 Å². The molecule has 1 aromatic heterocycles. The summed E-state index contributed by atoms with van der Waals surface area (Å²) >= 11 is 0. The van der Waals surface area contributed by atoms with Crippen LogP contribution in [0.5, 0.6) is 0 Å². The molecule has 2 rings (SSSR count). The first-order valence-electron chi connectivity index (χ1n) is 6.83. The lowest BCUT2D eigenvalue weighted by molar-refractivity contribution is 0.431. The van der Waals surface area contributed by atoms with Crippen LogP contribution in [0.15, 0.2) is 6.07 Å². The van der Waals surface area contributed by atoms with Crippen molar-refractivity contribution in [3.8, 4) is 0 Å². The Balaban J connectivity index is 2.24. The van der Waals surface area contributed by atoms with Crippen molar-refractivity contribution < 1.29 is 0 Å². The second-order valence-electron chi connectivity index (χ2n) is 4.93. The van der Waals surface area contributed by atoms with Crippen molar-refractivity contribution in [2.75, 3.05) is 16.9 Å². The molecule has 2 heterocycles. The summed E-state index contributed by atoms with van der Waals surface area (Å²) in [6, 6.07) is 2.56. The van der Waals surface area contributed by atoms with Crippen LogP contribution >= 0.6 is 0 Å². The highest BCUT2D eigenvalue weighted by molar-refractivity contribution is 5.49. The van der Waals surface area contributed by atoms with Gasteiger partial charge in [0.1, 0.15) is 17.5 Å². The van der Waals surface area contributed by atoms with Crippen LogP contribution in [0.4, 0.5) is 11.6 Å². The number of nitrogens with one attached hydrogen (secondary N) is 1. The van der Waals surface area contributed by atoms with Gasteiger partial charge >= 0.3 is 0 Å². The van der Waals surface area contributed by atoms with Gasteiger partial charge in [0.25, 0.3) is 0 Å². The van der Waals surface area contributed by atoms with Crippen molar-refractivity contribution >= 4 is 11.6 Å². The Bertz CT molecular complexity index is 391. The molecule has 5 heteroatoms. The van der Waals surface area contributed by atoms with Crippen LogP contribution in [0, 0.1) is 6.92 Å². The Hall–Kier alpha value is -1.36. The van der Waals surface area contributed by atoms with Gasteiger partial charge in [-0.2, -0.15) is 0 Å². The SMILES string of the molecule is CCCC1CCCCN1c1cc(NN)nc(C)n1. The smallest absolute Gasteiger partial charge is 0.145 e. The van der Waals surface area contributed by atoms with Crippen molar-refractivity contribution in [1.82, 2.24) is 9.97 Å². The minimum atomic E-state index is 0.615. The number of aryl methyl sites for hydroxylation is 1. The van der Waals surface area contributed by atoms with Crippen LogP contribution in [0.25, 0.3) is 0 Å². The first-order chi connectivity index (χ1) is 8.74. The van der Waals surface area contributed by atoms with Gasteiger partial charge in [-0.25, -0.2) is 15.8 Å². The number of nitrogens with zero attached hydrogens (tertiary/aromatic N) is 3. The van der Waals surface area contributed by atoms with Gasteiger partial charge in [-0.3, -0.25) is 0 Å². The first kappa shape index (κ1) is 13.1. The molecule has 100 valence electrons. The molecule has 1 unspecified atom stereocenters. The summed E-state index contributed by atoms with van der Waals surface area (Å²) in [6.45, 7) is 5.24. The highest BCUT2D eigenvalue weighted by atomic mass is 15.3. The predicted molar refractivity (Wildman–Crippen MR) is 74.5 cm³/mol. The molecule has 0 spiro atoms. The quantitative estimate of drug-likeness (QED) is 0.632. The zero-order valence-corrected chi connectivity index (χ0v) is 11.3. The highest BCUT2D eigenvalue weighted by Gasteiger charge is 2.23. The van der Waals surface area contributed by atoms with Gasteiger partial charge in [0.2, 0.25) is 0 Å². The molecular formula is C13H23N5. The summed E-state index contributed by atoms with van der Waals surface area (Å²) in [5.41, 5.74) is 2.62. The summed E-state index contributed by atoms with van der Waals surface area (Å²) in [7, 11) is 0. The maximum atomic E-state index is 5.45. The van der Waals surface area contributed by atoms with E-state index in [4.69, 9.17) is 5.84 Å². The summed E-state index contributed by atoms with van der Waals surface area (Å²) in [5.74, 6) is 7.92. The fourth-order valence-corrected chi connectivity index (χ4v) is 2.71. The minimum absolute atomic E-state index is 0.615. The van der Waals surface area contributed by atoms with E-state index in [1.54, 1.807) is 0 Å². The number of anilines is 2. The van der Waals surface area contributed by atoms with Crippen molar-refractivity contribution in [3.63, 3.8) is 0 Å². The summed E-state index contributed by atoms with van der Waals surface area (Å²) < 4.78 is 0. The third-order valence-corrected chi connectivity index (χ3v) is 3.52. The lowest BCUT2D eigenvalue weighted by Gasteiger charge is -2.36. The Kier molecular flexibility index (Phi) is 4.36. The van der Waals surface area contributed by atoms with E-state index in [0.29, 0.717) is 11.9 Å². The van der Waals surface area contributed by atoms with Crippen LogP contribution < -0.4 is 16.2 Å². The maximum absolute atomic E-state index is 5.45. The number of piperidine rings is 1. The van der Waals surface area contributed by atoms with E-state index in [1.165, 1.54) is 32.1 Å². The van der Waals surface area contributed by atoms with E-state index in [0.717, 1.165) is 18.2 Å². The number of aromatic nitrogens is 2. The third kappa shape index (κ3) is 2.90. The van der Waals surface area contributed by atoms with Gasteiger partial charge in [0.05, 0.1) is 0 Å². The van der Waals surface area contributed by atoms with Gasteiger partial charge in [-0.05, 0) is 32.6 Å². The van der Waals surface area contributed by atoms with Crippen molar-refractivity contribution in [2.45, 2.75) is 52.0 Å². The lowest BCUT2D eigenvalue weighted by atomic mass is 9.98. The van der Waals surface area contributed by atoms with Crippen molar-refractivity contribution in [1.29, 1.82) is 0 Å². The summed E-state index contributed by atoms with van der Waals surface area (Å²) in [6.07, 6.45) is 6.28. The topological polar surface area (TPSA) is 67.1 Å². The predicted octanol–water partition coefficient (Wildman–Crippen LogP) is 2.23.